The molecular formula is C13H9Cl3S. The summed E-state index contributed by atoms with van der Waals surface area (Å²) in [4.78, 5) is 1.11. The van der Waals surface area contributed by atoms with E-state index >= 15 is 0 Å². The smallest absolute Gasteiger partial charge is 0.0499 e. The van der Waals surface area contributed by atoms with Crippen molar-refractivity contribution in [1.82, 2.24) is 0 Å². The van der Waals surface area contributed by atoms with Gasteiger partial charge in [-0.1, -0.05) is 46.9 Å². The van der Waals surface area contributed by atoms with Crippen LogP contribution in [-0.4, -0.2) is 6.26 Å². The minimum atomic E-state index is 0.608. The summed E-state index contributed by atoms with van der Waals surface area (Å²) in [7, 11) is 0. The second kappa shape index (κ2) is 5.53. The maximum absolute atomic E-state index is 6.26. The first-order valence-corrected chi connectivity index (χ1v) is 7.27. The Morgan fingerprint density at radius 2 is 1.53 bits per heavy atom. The normalized spacial score (nSPS) is 10.6. The number of thioether (sulfide) groups is 1. The summed E-state index contributed by atoms with van der Waals surface area (Å²) in [5.74, 6) is 0. The lowest BCUT2D eigenvalue weighted by molar-refractivity contribution is 1.46. The van der Waals surface area contributed by atoms with Crippen molar-refractivity contribution in [2.75, 3.05) is 6.26 Å². The van der Waals surface area contributed by atoms with Crippen molar-refractivity contribution in [3.8, 4) is 11.1 Å². The van der Waals surface area contributed by atoms with Gasteiger partial charge in [0.1, 0.15) is 0 Å². The fourth-order valence-electron chi connectivity index (χ4n) is 1.58. The van der Waals surface area contributed by atoms with Crippen molar-refractivity contribution in [3.63, 3.8) is 0 Å². The summed E-state index contributed by atoms with van der Waals surface area (Å²) in [5.41, 5.74) is 1.65. The summed E-state index contributed by atoms with van der Waals surface area (Å²) in [6, 6.07) is 11.3. The molecule has 0 spiro atoms. The summed E-state index contributed by atoms with van der Waals surface area (Å²) >= 11 is 20.2. The van der Waals surface area contributed by atoms with Crippen molar-refractivity contribution in [2.24, 2.45) is 0 Å². The second-order valence-corrected chi connectivity index (χ2v) is 5.54. The van der Waals surface area contributed by atoms with Gasteiger partial charge in [-0.3, -0.25) is 0 Å². The number of benzene rings is 2. The molecular weight excluding hydrogens is 295 g/mol. The number of rotatable bonds is 2. The molecule has 0 N–H and O–H groups in total. The molecule has 0 aliphatic heterocycles. The molecule has 0 atom stereocenters. The lowest BCUT2D eigenvalue weighted by atomic mass is 10.1. The minimum absolute atomic E-state index is 0.608. The highest BCUT2D eigenvalue weighted by Crippen LogP contribution is 2.39. The molecule has 0 nitrogen and oxygen atoms in total. The zero-order valence-electron chi connectivity index (χ0n) is 9.01. The summed E-state index contributed by atoms with van der Waals surface area (Å²) in [6.45, 7) is 0. The van der Waals surface area contributed by atoms with Crippen molar-refractivity contribution in [3.05, 3.63) is 51.5 Å². The molecule has 2 aromatic carbocycles. The lowest BCUT2D eigenvalue weighted by Crippen LogP contribution is -1.84. The summed E-state index contributed by atoms with van der Waals surface area (Å²) in [6.07, 6.45) is 2.01. The standard InChI is InChI=1S/C13H9Cl3S/c1-17-8-5-6-9(12(16)7-8)13-10(14)3-2-4-11(13)15/h2-7H,1H3. The third-order valence-electron chi connectivity index (χ3n) is 2.41. The molecule has 0 unspecified atom stereocenters. The van der Waals surface area contributed by atoms with Crippen molar-refractivity contribution in [2.45, 2.75) is 4.90 Å². The molecule has 0 aliphatic carbocycles. The van der Waals surface area contributed by atoms with Gasteiger partial charge in [0.2, 0.25) is 0 Å². The highest BCUT2D eigenvalue weighted by Gasteiger charge is 2.11. The van der Waals surface area contributed by atoms with E-state index in [2.05, 4.69) is 0 Å². The average molecular weight is 304 g/mol. The predicted octanol–water partition coefficient (Wildman–Crippen LogP) is 6.04. The maximum Gasteiger partial charge on any atom is 0.0499 e. The van der Waals surface area contributed by atoms with Gasteiger partial charge in [0.15, 0.2) is 0 Å². The van der Waals surface area contributed by atoms with Crippen molar-refractivity contribution >= 4 is 46.6 Å². The van der Waals surface area contributed by atoms with Crippen molar-refractivity contribution < 1.29 is 0 Å². The van der Waals surface area contributed by atoms with Gasteiger partial charge in [-0.2, -0.15) is 0 Å². The number of halogens is 3. The zero-order chi connectivity index (χ0) is 12.4. The minimum Gasteiger partial charge on any atom is -0.130 e. The molecule has 0 aliphatic rings. The van der Waals surface area contributed by atoms with Gasteiger partial charge >= 0.3 is 0 Å². The Morgan fingerprint density at radius 3 is 2.06 bits per heavy atom. The van der Waals surface area contributed by atoms with Gasteiger partial charge in [-0.25, -0.2) is 0 Å². The lowest BCUT2D eigenvalue weighted by Gasteiger charge is -2.10. The van der Waals surface area contributed by atoms with Crippen LogP contribution in [0.15, 0.2) is 41.3 Å². The highest BCUT2D eigenvalue weighted by atomic mass is 35.5. The predicted molar refractivity (Wildman–Crippen MR) is 78.7 cm³/mol. The SMILES string of the molecule is CSc1ccc(-c2c(Cl)cccc2Cl)c(Cl)c1. The highest BCUT2D eigenvalue weighted by molar-refractivity contribution is 7.98. The van der Waals surface area contributed by atoms with Crippen LogP contribution in [0.5, 0.6) is 0 Å². The first-order chi connectivity index (χ1) is 8.13. The summed E-state index contributed by atoms with van der Waals surface area (Å²) < 4.78 is 0. The van der Waals surface area contributed by atoms with E-state index in [0.29, 0.717) is 15.1 Å². The molecule has 0 aromatic heterocycles. The van der Waals surface area contributed by atoms with Crippen LogP contribution in [0, 0.1) is 0 Å². The van der Waals surface area contributed by atoms with Crippen molar-refractivity contribution in [1.29, 1.82) is 0 Å². The Morgan fingerprint density at radius 1 is 0.882 bits per heavy atom. The van der Waals surface area contributed by atoms with Gasteiger partial charge in [0.05, 0.1) is 0 Å². The van der Waals surface area contributed by atoms with Crippen LogP contribution in [0.4, 0.5) is 0 Å². The van der Waals surface area contributed by atoms with E-state index in [0.717, 1.165) is 16.0 Å². The van der Waals surface area contributed by atoms with Gasteiger partial charge in [0, 0.05) is 31.1 Å². The van der Waals surface area contributed by atoms with Crippen LogP contribution >= 0.6 is 46.6 Å². The first-order valence-electron chi connectivity index (χ1n) is 4.91. The van der Waals surface area contributed by atoms with E-state index in [1.165, 1.54) is 0 Å². The van der Waals surface area contributed by atoms with E-state index in [-0.39, 0.29) is 0 Å². The number of hydrogen-bond acceptors (Lipinski definition) is 1. The van der Waals surface area contributed by atoms with Gasteiger partial charge in [-0.05, 0) is 30.5 Å². The number of hydrogen-bond donors (Lipinski definition) is 0. The Labute approximate surface area is 120 Å². The van der Waals surface area contributed by atoms with E-state index in [1.54, 1.807) is 11.8 Å². The molecule has 0 fully saturated rings. The third-order valence-corrected chi connectivity index (χ3v) is 4.08. The fraction of sp³-hybridized carbons (Fsp3) is 0.0769. The third kappa shape index (κ3) is 2.74. The summed E-state index contributed by atoms with van der Waals surface area (Å²) in [5, 5.41) is 1.87. The molecule has 0 bridgehead atoms. The van der Waals surface area contributed by atoms with Crippen LogP contribution in [0.2, 0.25) is 15.1 Å². The van der Waals surface area contributed by atoms with E-state index in [1.807, 2.05) is 42.7 Å². The largest absolute Gasteiger partial charge is 0.130 e. The van der Waals surface area contributed by atoms with Crippen LogP contribution in [0.1, 0.15) is 0 Å². The Balaban J connectivity index is 2.61. The second-order valence-electron chi connectivity index (χ2n) is 3.44. The zero-order valence-corrected chi connectivity index (χ0v) is 12.1. The van der Waals surface area contributed by atoms with Gasteiger partial charge < -0.3 is 0 Å². The Bertz CT molecular complexity index is 532. The topological polar surface area (TPSA) is 0 Å². The van der Waals surface area contributed by atoms with Crippen LogP contribution in [0.3, 0.4) is 0 Å². The fourth-order valence-corrected chi connectivity index (χ4v) is 2.96. The van der Waals surface area contributed by atoms with E-state index in [9.17, 15) is 0 Å². The molecule has 0 heterocycles. The molecule has 2 rings (SSSR count). The quantitative estimate of drug-likeness (QED) is 0.610. The van der Waals surface area contributed by atoms with E-state index in [4.69, 9.17) is 34.8 Å². The molecule has 0 saturated carbocycles. The molecule has 88 valence electrons. The first kappa shape index (κ1) is 13.1. The molecule has 0 saturated heterocycles. The van der Waals surface area contributed by atoms with Crippen LogP contribution < -0.4 is 0 Å². The molecule has 0 radical (unpaired) electrons. The monoisotopic (exact) mass is 302 g/mol. The van der Waals surface area contributed by atoms with Crippen LogP contribution in [0.25, 0.3) is 11.1 Å². The Kier molecular flexibility index (Phi) is 4.26. The molecule has 17 heavy (non-hydrogen) atoms. The maximum atomic E-state index is 6.26. The van der Waals surface area contributed by atoms with E-state index < -0.39 is 0 Å². The van der Waals surface area contributed by atoms with Gasteiger partial charge in [0.25, 0.3) is 0 Å². The van der Waals surface area contributed by atoms with Crippen LogP contribution in [-0.2, 0) is 0 Å². The molecule has 2 aromatic rings. The van der Waals surface area contributed by atoms with Gasteiger partial charge in [-0.15, -0.1) is 11.8 Å². The molecule has 0 amide bonds. The molecule has 4 heteroatoms. The average Bonchev–Trinajstić information content (AvgIpc) is 2.30. The Hall–Kier alpha value is -0.340.